The van der Waals surface area contributed by atoms with Gasteiger partial charge in [0.25, 0.3) is 0 Å². The van der Waals surface area contributed by atoms with E-state index in [0.717, 1.165) is 88.8 Å². The molecule has 0 N–H and O–H groups in total. The SMILES string of the molecule is C.C.C.C.C.CC(C)CCCC(C)C(C)C(C)C(C)CC(C)C(C)C(C)C(C)C(C)C.CCCC(C)C(C)CC(C)CCC(C)C(C)C. The second-order valence-corrected chi connectivity index (χ2v) is 17.9. The maximum atomic E-state index is 2.52. The molecule has 0 heteroatoms. The average Bonchev–Trinajstić information content (AvgIpc) is 2.93. The predicted molar refractivity (Wildman–Crippen MR) is 235 cm³/mol. The molecule has 302 valence electrons. The van der Waals surface area contributed by atoms with Crippen LogP contribution in [-0.4, -0.2) is 0 Å². The Hall–Kier alpha value is 0. The molecule has 12 unspecified atom stereocenters. The fourth-order valence-corrected chi connectivity index (χ4v) is 7.37. The van der Waals surface area contributed by atoms with Gasteiger partial charge in [-0.25, -0.2) is 0 Å². The van der Waals surface area contributed by atoms with Crippen molar-refractivity contribution in [2.24, 2.45) is 88.8 Å². The van der Waals surface area contributed by atoms with Crippen molar-refractivity contribution in [1.29, 1.82) is 0 Å². The third kappa shape index (κ3) is 27.7. The molecule has 0 aromatic heterocycles. The summed E-state index contributed by atoms with van der Waals surface area (Å²) in [5.41, 5.74) is 0. The highest BCUT2D eigenvalue weighted by molar-refractivity contribution is 4.79. The van der Waals surface area contributed by atoms with Gasteiger partial charge in [-0.15, -0.1) is 0 Å². The minimum Gasteiger partial charge on any atom is -0.0776 e. The Morgan fingerprint density at radius 1 is 0.312 bits per heavy atom. The van der Waals surface area contributed by atoms with Crippen LogP contribution in [0.1, 0.15) is 226 Å². The van der Waals surface area contributed by atoms with Crippen LogP contribution in [0.5, 0.6) is 0 Å². The minimum absolute atomic E-state index is 0. The Morgan fingerprint density at radius 2 is 0.750 bits per heavy atom. The Bertz CT molecular complexity index is 616. The van der Waals surface area contributed by atoms with E-state index in [4.69, 9.17) is 0 Å². The number of hydrogen-bond donors (Lipinski definition) is 0. The van der Waals surface area contributed by atoms with Gasteiger partial charge in [0.15, 0.2) is 0 Å². The number of hydrogen-bond acceptors (Lipinski definition) is 0. The predicted octanol–water partition coefficient (Wildman–Crippen LogP) is 18.3. The lowest BCUT2D eigenvalue weighted by atomic mass is 9.69. The van der Waals surface area contributed by atoms with Crippen LogP contribution >= 0.6 is 0 Å². The summed E-state index contributed by atoms with van der Waals surface area (Å²) >= 11 is 0. The van der Waals surface area contributed by atoms with E-state index in [0.29, 0.717) is 0 Å². The van der Waals surface area contributed by atoms with E-state index in [2.05, 4.69) is 132 Å². The van der Waals surface area contributed by atoms with Crippen LogP contribution in [0, 0.1) is 88.8 Å². The van der Waals surface area contributed by atoms with E-state index in [1.165, 1.54) is 57.8 Å². The Balaban J connectivity index is -0.000000136. The Kier molecular flexibility index (Phi) is 44.8. The molecule has 0 heterocycles. The van der Waals surface area contributed by atoms with Crippen LogP contribution in [0.25, 0.3) is 0 Å². The Morgan fingerprint density at radius 3 is 1.15 bits per heavy atom. The summed E-state index contributed by atoms with van der Waals surface area (Å²) in [6, 6.07) is 0. The van der Waals surface area contributed by atoms with Crippen molar-refractivity contribution in [3.8, 4) is 0 Å². The number of rotatable bonds is 22. The molecule has 0 aliphatic heterocycles. The smallest absolute Gasteiger partial charge is 0.0386 e. The fraction of sp³-hybridized carbons (Fsp3) is 1.00. The Labute approximate surface area is 314 Å². The van der Waals surface area contributed by atoms with E-state index >= 15 is 0 Å². The summed E-state index contributed by atoms with van der Waals surface area (Å²) in [7, 11) is 0. The van der Waals surface area contributed by atoms with Crippen LogP contribution in [0.3, 0.4) is 0 Å². The first kappa shape index (κ1) is 63.1. The quantitative estimate of drug-likeness (QED) is 0.106. The summed E-state index contributed by atoms with van der Waals surface area (Å²) in [5.74, 6) is 12.7. The van der Waals surface area contributed by atoms with Crippen molar-refractivity contribution in [3.63, 3.8) is 0 Å². The first-order valence-electron chi connectivity index (χ1n) is 19.8. The summed E-state index contributed by atoms with van der Waals surface area (Å²) in [6.45, 7) is 46.2. The van der Waals surface area contributed by atoms with Crippen molar-refractivity contribution >= 4 is 0 Å². The molecule has 0 fully saturated rings. The zero-order valence-electron chi connectivity index (χ0n) is 34.0. The molecule has 0 aliphatic carbocycles. The summed E-state index contributed by atoms with van der Waals surface area (Å²) in [6.07, 6.45) is 12.6. The summed E-state index contributed by atoms with van der Waals surface area (Å²) in [4.78, 5) is 0. The molecule has 0 radical (unpaired) electrons. The molecule has 12 atom stereocenters. The highest BCUT2D eigenvalue weighted by Gasteiger charge is 2.29. The fourth-order valence-electron chi connectivity index (χ4n) is 7.37. The second-order valence-electron chi connectivity index (χ2n) is 17.9. The second kappa shape index (κ2) is 34.1. The normalized spacial score (nSPS) is 18.6. The first-order valence-corrected chi connectivity index (χ1v) is 19.8. The molecule has 0 aromatic carbocycles. The van der Waals surface area contributed by atoms with Gasteiger partial charge in [-0.3, -0.25) is 0 Å². The van der Waals surface area contributed by atoms with E-state index in [1.807, 2.05) is 0 Å². The van der Waals surface area contributed by atoms with Gasteiger partial charge in [-0.2, -0.15) is 0 Å². The van der Waals surface area contributed by atoms with Crippen molar-refractivity contribution < 1.29 is 0 Å². The third-order valence-corrected chi connectivity index (χ3v) is 13.2. The van der Waals surface area contributed by atoms with E-state index in [1.54, 1.807) is 0 Å². The highest BCUT2D eigenvalue weighted by atomic mass is 14.3. The van der Waals surface area contributed by atoms with Gasteiger partial charge in [-0.05, 0) is 102 Å². The summed E-state index contributed by atoms with van der Waals surface area (Å²) < 4.78 is 0. The molecule has 0 spiro atoms. The molecule has 0 bridgehead atoms. The maximum absolute atomic E-state index is 2.52. The molecule has 0 amide bonds. The van der Waals surface area contributed by atoms with E-state index in [-0.39, 0.29) is 37.1 Å². The van der Waals surface area contributed by atoms with Crippen LogP contribution < -0.4 is 0 Å². The van der Waals surface area contributed by atoms with Crippen molar-refractivity contribution in [2.75, 3.05) is 0 Å². The topological polar surface area (TPSA) is 0 Å². The molecule has 0 saturated heterocycles. The van der Waals surface area contributed by atoms with Crippen LogP contribution in [-0.2, 0) is 0 Å². The zero-order chi connectivity index (χ0) is 34.0. The van der Waals surface area contributed by atoms with Gasteiger partial charge in [0, 0.05) is 0 Å². The lowest BCUT2D eigenvalue weighted by Crippen LogP contribution is -2.29. The van der Waals surface area contributed by atoms with Gasteiger partial charge in [0.05, 0.1) is 0 Å². The molecule has 0 rings (SSSR count). The van der Waals surface area contributed by atoms with Crippen LogP contribution in [0.15, 0.2) is 0 Å². The van der Waals surface area contributed by atoms with E-state index in [9.17, 15) is 0 Å². The largest absolute Gasteiger partial charge is 0.0776 e. The molecular formula is C48H110. The monoisotopic (exact) mass is 687 g/mol. The van der Waals surface area contributed by atoms with Crippen LogP contribution in [0.2, 0.25) is 0 Å². The van der Waals surface area contributed by atoms with Crippen molar-refractivity contribution in [1.82, 2.24) is 0 Å². The lowest BCUT2D eigenvalue weighted by molar-refractivity contribution is 0.130. The third-order valence-electron chi connectivity index (χ3n) is 13.2. The van der Waals surface area contributed by atoms with E-state index < -0.39 is 0 Å². The highest BCUT2D eigenvalue weighted by Crippen LogP contribution is 2.38. The maximum Gasteiger partial charge on any atom is -0.0386 e. The van der Waals surface area contributed by atoms with Gasteiger partial charge in [0.1, 0.15) is 0 Å². The molecule has 0 aromatic rings. The first-order chi connectivity index (χ1) is 19.8. The van der Waals surface area contributed by atoms with Gasteiger partial charge < -0.3 is 0 Å². The summed E-state index contributed by atoms with van der Waals surface area (Å²) in [5, 5.41) is 0. The molecule has 0 aliphatic rings. The molecule has 0 saturated carbocycles. The standard InChI is InChI=1S/C26H54.C17H36.5CH4/c1-17(2)14-13-15-19(5)23(9)24(10)20(6)16-21(7)25(11)26(12)22(8)18(3)4;1-8-9-16(6)17(7)12-14(4)10-11-15(5)13(2)3;;;;;/h17-26H,13-16H2,1-12H3;13-17H,8-12H2,1-7H3;5*1H4. The lowest BCUT2D eigenvalue weighted by Gasteiger charge is -2.36. The molecule has 0 nitrogen and oxygen atoms in total. The molecular weight excluding hydrogens is 577 g/mol. The molecule has 48 heavy (non-hydrogen) atoms. The minimum atomic E-state index is 0. The van der Waals surface area contributed by atoms with Crippen molar-refractivity contribution in [2.45, 2.75) is 226 Å². The van der Waals surface area contributed by atoms with Crippen molar-refractivity contribution in [3.05, 3.63) is 0 Å². The zero-order valence-corrected chi connectivity index (χ0v) is 34.0. The van der Waals surface area contributed by atoms with Gasteiger partial charge >= 0.3 is 0 Å². The van der Waals surface area contributed by atoms with Gasteiger partial charge in [0.2, 0.25) is 0 Å². The average molecular weight is 687 g/mol. The van der Waals surface area contributed by atoms with Crippen LogP contribution in [0.4, 0.5) is 0 Å². The van der Waals surface area contributed by atoms with Gasteiger partial charge in [-0.1, -0.05) is 214 Å².